The maximum atomic E-state index is 13.6. The van der Waals surface area contributed by atoms with Crippen LogP contribution in [-0.2, 0) is 17.8 Å². The van der Waals surface area contributed by atoms with E-state index in [1.807, 2.05) is 47.4 Å². The van der Waals surface area contributed by atoms with Gasteiger partial charge in [0.1, 0.15) is 11.9 Å². The lowest BCUT2D eigenvalue weighted by atomic mass is 9.87. The van der Waals surface area contributed by atoms with Gasteiger partial charge in [0.05, 0.1) is 6.10 Å². The summed E-state index contributed by atoms with van der Waals surface area (Å²) in [6, 6.07) is 24.2. The second kappa shape index (κ2) is 9.36. The molecule has 1 saturated heterocycles. The second-order valence-corrected chi connectivity index (χ2v) is 9.12. The number of benzene rings is 3. The fourth-order valence-corrected chi connectivity index (χ4v) is 5.22. The monoisotopic (exact) mass is 444 g/mol. The van der Waals surface area contributed by atoms with Crippen molar-refractivity contribution in [2.45, 2.75) is 38.0 Å². The van der Waals surface area contributed by atoms with Gasteiger partial charge in [-0.15, -0.1) is 0 Å². The van der Waals surface area contributed by atoms with Crippen LogP contribution in [0.1, 0.15) is 35.6 Å². The SMILES string of the molecule is O=C(C1Cc2ccccc2N1Cc1ccc(F)cc1)N1CCC(C(O)c2ccccc2)CC1. The molecule has 1 amide bonds. The number of carbonyl (C=O) groups excluding carboxylic acids is 1. The predicted molar refractivity (Wildman–Crippen MR) is 127 cm³/mol. The van der Waals surface area contributed by atoms with Crippen molar-refractivity contribution in [1.29, 1.82) is 0 Å². The third-order valence-corrected chi connectivity index (χ3v) is 7.08. The number of nitrogens with zero attached hydrogens (tertiary/aromatic N) is 2. The van der Waals surface area contributed by atoms with Crippen molar-refractivity contribution in [2.24, 2.45) is 5.92 Å². The molecule has 2 atom stereocenters. The molecule has 2 heterocycles. The van der Waals surface area contributed by atoms with E-state index in [4.69, 9.17) is 0 Å². The van der Waals surface area contributed by atoms with Gasteiger partial charge in [0, 0.05) is 31.7 Å². The molecule has 0 aromatic heterocycles. The minimum Gasteiger partial charge on any atom is -0.388 e. The van der Waals surface area contributed by atoms with Crippen molar-refractivity contribution < 1.29 is 14.3 Å². The van der Waals surface area contributed by atoms with Gasteiger partial charge in [-0.25, -0.2) is 4.39 Å². The highest BCUT2D eigenvalue weighted by Crippen LogP contribution is 2.36. The first-order valence-corrected chi connectivity index (χ1v) is 11.7. The maximum Gasteiger partial charge on any atom is 0.245 e. The molecule has 2 aliphatic heterocycles. The topological polar surface area (TPSA) is 43.8 Å². The third-order valence-electron chi connectivity index (χ3n) is 7.08. The lowest BCUT2D eigenvalue weighted by molar-refractivity contribution is -0.134. The molecule has 5 heteroatoms. The maximum absolute atomic E-state index is 13.6. The molecular weight excluding hydrogens is 415 g/mol. The van der Waals surface area contributed by atoms with Gasteiger partial charge in [-0.2, -0.15) is 0 Å². The number of aliphatic hydroxyl groups excluding tert-OH is 1. The molecule has 3 aromatic carbocycles. The molecule has 5 rings (SSSR count). The van der Waals surface area contributed by atoms with Crippen molar-refractivity contribution in [1.82, 2.24) is 4.90 Å². The van der Waals surface area contributed by atoms with Gasteiger partial charge in [0.2, 0.25) is 5.91 Å². The van der Waals surface area contributed by atoms with Crippen LogP contribution in [0, 0.1) is 11.7 Å². The molecule has 33 heavy (non-hydrogen) atoms. The van der Waals surface area contributed by atoms with E-state index < -0.39 is 6.10 Å². The minimum absolute atomic E-state index is 0.140. The van der Waals surface area contributed by atoms with Gasteiger partial charge in [-0.1, -0.05) is 60.7 Å². The number of aliphatic hydroxyl groups is 1. The number of halogens is 1. The fourth-order valence-electron chi connectivity index (χ4n) is 5.22. The molecule has 1 fully saturated rings. The number of likely N-dealkylation sites (tertiary alicyclic amines) is 1. The van der Waals surface area contributed by atoms with Crippen molar-refractivity contribution >= 4 is 11.6 Å². The number of carbonyl (C=O) groups is 1. The summed E-state index contributed by atoms with van der Waals surface area (Å²) in [5, 5.41) is 10.8. The highest BCUT2D eigenvalue weighted by molar-refractivity contribution is 5.88. The van der Waals surface area contributed by atoms with Gasteiger partial charge in [-0.05, 0) is 53.6 Å². The summed E-state index contributed by atoms with van der Waals surface area (Å²) in [5.74, 6) is 0.0438. The summed E-state index contributed by atoms with van der Waals surface area (Å²) in [5.41, 5.74) is 4.18. The zero-order valence-corrected chi connectivity index (χ0v) is 18.6. The van der Waals surface area contributed by atoms with E-state index >= 15 is 0 Å². The summed E-state index contributed by atoms with van der Waals surface area (Å²) in [4.78, 5) is 17.8. The van der Waals surface area contributed by atoms with Crippen molar-refractivity contribution in [3.05, 3.63) is 101 Å². The van der Waals surface area contributed by atoms with Crippen LogP contribution in [-0.4, -0.2) is 35.0 Å². The van der Waals surface area contributed by atoms with Gasteiger partial charge in [0.15, 0.2) is 0 Å². The lowest BCUT2D eigenvalue weighted by Crippen LogP contribution is -2.50. The summed E-state index contributed by atoms with van der Waals surface area (Å²) < 4.78 is 13.4. The third kappa shape index (κ3) is 4.51. The predicted octanol–water partition coefficient (Wildman–Crippen LogP) is 4.73. The number of para-hydroxylation sites is 1. The van der Waals surface area contributed by atoms with Crippen molar-refractivity contribution in [2.75, 3.05) is 18.0 Å². The van der Waals surface area contributed by atoms with Gasteiger partial charge < -0.3 is 14.9 Å². The molecule has 2 aliphatic rings. The standard InChI is InChI=1S/C28H29FN2O2/c29-24-12-10-20(11-13-24)19-31-25-9-5-4-8-23(25)18-26(31)28(33)30-16-14-22(15-17-30)27(32)21-6-2-1-3-7-21/h1-13,22,26-27,32H,14-19H2. The van der Waals surface area contributed by atoms with Gasteiger partial charge in [-0.3, -0.25) is 4.79 Å². The molecule has 0 bridgehead atoms. The largest absolute Gasteiger partial charge is 0.388 e. The number of fused-ring (bicyclic) bond motifs is 1. The Morgan fingerprint density at radius 1 is 0.939 bits per heavy atom. The Kier molecular flexibility index (Phi) is 6.14. The molecule has 4 nitrogen and oxygen atoms in total. The summed E-state index contributed by atoms with van der Waals surface area (Å²) in [7, 11) is 0. The van der Waals surface area contributed by atoms with E-state index in [1.54, 1.807) is 12.1 Å². The molecular formula is C28H29FN2O2. The lowest BCUT2D eigenvalue weighted by Gasteiger charge is -2.37. The number of rotatable bonds is 5. The van der Waals surface area contributed by atoms with Crippen molar-refractivity contribution in [3.8, 4) is 0 Å². The molecule has 0 spiro atoms. The Bertz CT molecular complexity index is 1090. The molecule has 2 unspecified atom stereocenters. The van der Waals surface area contributed by atoms with Crippen LogP contribution in [0.15, 0.2) is 78.9 Å². The highest BCUT2D eigenvalue weighted by Gasteiger charge is 2.38. The molecule has 1 N–H and O–H groups in total. The number of amides is 1. The summed E-state index contributed by atoms with van der Waals surface area (Å²) in [6.45, 7) is 1.88. The number of anilines is 1. The zero-order valence-electron chi connectivity index (χ0n) is 18.6. The van der Waals surface area contributed by atoms with Gasteiger partial charge >= 0.3 is 0 Å². The van der Waals surface area contributed by atoms with Crippen molar-refractivity contribution in [3.63, 3.8) is 0 Å². The average Bonchev–Trinajstić information content (AvgIpc) is 3.23. The Morgan fingerprint density at radius 2 is 1.61 bits per heavy atom. The Balaban J connectivity index is 1.29. The number of hydrogen-bond acceptors (Lipinski definition) is 3. The number of hydrogen-bond donors (Lipinski definition) is 1. The Labute approximate surface area is 194 Å². The molecule has 3 aromatic rings. The molecule has 0 radical (unpaired) electrons. The van der Waals surface area contributed by atoms with Crippen LogP contribution in [0.2, 0.25) is 0 Å². The zero-order chi connectivity index (χ0) is 22.8. The Morgan fingerprint density at radius 3 is 2.33 bits per heavy atom. The van der Waals surface area contributed by atoms with E-state index in [-0.39, 0.29) is 23.7 Å². The van der Waals surface area contributed by atoms with E-state index in [2.05, 4.69) is 17.0 Å². The second-order valence-electron chi connectivity index (χ2n) is 9.12. The normalized spacial score (nSPS) is 19.4. The number of piperidine rings is 1. The minimum atomic E-state index is -0.492. The molecule has 0 saturated carbocycles. The first kappa shape index (κ1) is 21.7. The molecule has 170 valence electrons. The van der Waals surface area contributed by atoms with Crippen LogP contribution in [0.5, 0.6) is 0 Å². The first-order chi connectivity index (χ1) is 16.1. The van der Waals surface area contributed by atoms with E-state index in [1.165, 1.54) is 17.7 Å². The fraction of sp³-hybridized carbons (Fsp3) is 0.321. The van der Waals surface area contributed by atoms with E-state index in [0.717, 1.165) is 29.7 Å². The highest BCUT2D eigenvalue weighted by atomic mass is 19.1. The van der Waals surface area contributed by atoms with Crippen LogP contribution in [0.25, 0.3) is 0 Å². The van der Waals surface area contributed by atoms with E-state index in [0.29, 0.717) is 26.1 Å². The van der Waals surface area contributed by atoms with Crippen LogP contribution < -0.4 is 4.90 Å². The van der Waals surface area contributed by atoms with Crippen LogP contribution in [0.3, 0.4) is 0 Å². The molecule has 0 aliphatic carbocycles. The van der Waals surface area contributed by atoms with Gasteiger partial charge in [0.25, 0.3) is 0 Å². The van der Waals surface area contributed by atoms with Crippen LogP contribution in [0.4, 0.5) is 10.1 Å². The summed E-state index contributed by atoms with van der Waals surface area (Å²) >= 11 is 0. The smallest absolute Gasteiger partial charge is 0.245 e. The average molecular weight is 445 g/mol. The Hall–Kier alpha value is -3.18. The summed E-state index contributed by atoms with van der Waals surface area (Å²) in [6.07, 6.45) is 1.77. The first-order valence-electron chi connectivity index (χ1n) is 11.7. The van der Waals surface area contributed by atoms with Crippen LogP contribution >= 0.6 is 0 Å². The van der Waals surface area contributed by atoms with E-state index in [9.17, 15) is 14.3 Å². The quantitative estimate of drug-likeness (QED) is 0.619.